The van der Waals surface area contributed by atoms with Crippen LogP contribution in [0.25, 0.3) is 0 Å². The van der Waals surface area contributed by atoms with Gasteiger partial charge >= 0.3 is 0 Å². The minimum atomic E-state index is -0.593. The van der Waals surface area contributed by atoms with E-state index in [1.54, 1.807) is 25.3 Å². The van der Waals surface area contributed by atoms with Gasteiger partial charge in [-0.05, 0) is 31.2 Å². The van der Waals surface area contributed by atoms with E-state index in [1.165, 1.54) is 18.9 Å². The van der Waals surface area contributed by atoms with Crippen molar-refractivity contribution in [2.45, 2.75) is 18.6 Å². The van der Waals surface area contributed by atoms with Crippen LogP contribution in [0.2, 0.25) is 0 Å². The second kappa shape index (κ2) is 8.79. The summed E-state index contributed by atoms with van der Waals surface area (Å²) in [5.74, 6) is 0.562. The second-order valence-electron chi connectivity index (χ2n) is 6.17. The summed E-state index contributed by atoms with van der Waals surface area (Å²) in [5, 5.41) is 5.35. The van der Waals surface area contributed by atoms with Crippen LogP contribution >= 0.6 is 11.8 Å². The number of thioether (sulfide) groups is 1. The monoisotopic (exact) mass is 399 g/mol. The van der Waals surface area contributed by atoms with Gasteiger partial charge in [-0.3, -0.25) is 9.59 Å². The predicted molar refractivity (Wildman–Crippen MR) is 111 cm³/mol. The Morgan fingerprint density at radius 2 is 1.93 bits per heavy atom. The van der Waals surface area contributed by atoms with Gasteiger partial charge < -0.3 is 20.1 Å². The van der Waals surface area contributed by atoms with Gasteiger partial charge in [0.1, 0.15) is 16.7 Å². The first-order valence-corrected chi connectivity index (χ1v) is 9.51. The van der Waals surface area contributed by atoms with E-state index in [-0.39, 0.29) is 18.2 Å². The van der Waals surface area contributed by atoms with Crippen LogP contribution in [0.4, 0.5) is 11.4 Å². The van der Waals surface area contributed by atoms with Crippen molar-refractivity contribution in [2.24, 2.45) is 4.99 Å². The highest BCUT2D eigenvalue weighted by molar-refractivity contribution is 8.15. The van der Waals surface area contributed by atoms with Crippen LogP contribution in [-0.2, 0) is 9.59 Å². The van der Waals surface area contributed by atoms with E-state index < -0.39 is 5.25 Å². The van der Waals surface area contributed by atoms with Gasteiger partial charge in [0.05, 0.1) is 25.6 Å². The summed E-state index contributed by atoms with van der Waals surface area (Å²) in [4.78, 5) is 29.2. The van der Waals surface area contributed by atoms with Crippen molar-refractivity contribution >= 4 is 40.1 Å². The lowest BCUT2D eigenvalue weighted by Crippen LogP contribution is -2.41. The van der Waals surface area contributed by atoms with E-state index in [4.69, 9.17) is 9.47 Å². The molecule has 1 fully saturated rings. The third-order valence-corrected chi connectivity index (χ3v) is 5.18. The molecule has 0 aliphatic carbocycles. The molecule has 3 rings (SSSR count). The van der Waals surface area contributed by atoms with Crippen LogP contribution in [0.3, 0.4) is 0 Å². The number of aliphatic imine (C=N–C) groups is 1. The van der Waals surface area contributed by atoms with Gasteiger partial charge in [0.2, 0.25) is 11.8 Å². The predicted octanol–water partition coefficient (Wildman–Crippen LogP) is 3.26. The molecule has 1 saturated heterocycles. The molecule has 2 aromatic rings. The van der Waals surface area contributed by atoms with Crippen molar-refractivity contribution in [2.75, 3.05) is 19.5 Å². The molecule has 146 valence electrons. The molecular weight excluding hydrogens is 378 g/mol. The number of carbonyl (C=O) groups excluding carboxylic acids is 2. The molecule has 2 N–H and O–H groups in total. The van der Waals surface area contributed by atoms with Gasteiger partial charge in [-0.1, -0.05) is 29.5 Å². The van der Waals surface area contributed by atoms with Crippen LogP contribution in [0.15, 0.2) is 47.5 Å². The number of methoxy groups -OCH3 is 2. The van der Waals surface area contributed by atoms with Crippen molar-refractivity contribution in [1.82, 2.24) is 5.32 Å². The zero-order valence-electron chi connectivity index (χ0n) is 15.8. The Bertz CT molecular complexity index is 912. The van der Waals surface area contributed by atoms with Crippen molar-refractivity contribution in [3.05, 3.63) is 48.0 Å². The minimum Gasteiger partial charge on any atom is -0.497 e. The minimum absolute atomic E-state index is 0.0713. The van der Waals surface area contributed by atoms with Gasteiger partial charge in [-0.25, -0.2) is 4.99 Å². The molecular formula is C20H21N3O4S. The first-order valence-electron chi connectivity index (χ1n) is 8.63. The molecule has 7 nitrogen and oxygen atoms in total. The third-order valence-electron chi connectivity index (χ3n) is 4.09. The van der Waals surface area contributed by atoms with E-state index in [0.717, 1.165) is 5.56 Å². The highest BCUT2D eigenvalue weighted by Crippen LogP contribution is 2.31. The fourth-order valence-corrected chi connectivity index (χ4v) is 3.60. The van der Waals surface area contributed by atoms with Gasteiger partial charge in [0.25, 0.3) is 0 Å². The summed E-state index contributed by atoms with van der Waals surface area (Å²) in [7, 11) is 3.07. The molecule has 0 saturated carbocycles. The van der Waals surface area contributed by atoms with E-state index in [2.05, 4.69) is 15.6 Å². The van der Waals surface area contributed by atoms with Gasteiger partial charge in [-0.2, -0.15) is 0 Å². The molecule has 0 radical (unpaired) electrons. The summed E-state index contributed by atoms with van der Waals surface area (Å²) >= 11 is 1.22. The smallest absolute Gasteiger partial charge is 0.238 e. The maximum absolute atomic E-state index is 12.7. The van der Waals surface area contributed by atoms with E-state index in [0.29, 0.717) is 28.0 Å². The fraction of sp³-hybridized carbons (Fsp3) is 0.250. The Kier molecular flexibility index (Phi) is 6.20. The first kappa shape index (κ1) is 19.8. The number of nitrogens with zero attached hydrogens (tertiary/aromatic N) is 1. The molecule has 1 atom stereocenters. The molecule has 0 spiro atoms. The van der Waals surface area contributed by atoms with Crippen LogP contribution in [0, 0.1) is 6.92 Å². The van der Waals surface area contributed by atoms with Crippen molar-refractivity contribution in [3.8, 4) is 11.5 Å². The number of ether oxygens (including phenoxy) is 2. The normalized spacial score (nSPS) is 17.8. The molecule has 0 unspecified atom stereocenters. The summed E-state index contributed by atoms with van der Waals surface area (Å²) in [6.45, 7) is 1.99. The average Bonchev–Trinajstić information content (AvgIpc) is 2.69. The Labute approximate surface area is 167 Å². The number of amides is 2. The average molecular weight is 399 g/mol. The number of rotatable bonds is 5. The zero-order valence-corrected chi connectivity index (χ0v) is 16.6. The lowest BCUT2D eigenvalue weighted by molar-refractivity contribution is -0.123. The summed E-state index contributed by atoms with van der Waals surface area (Å²) in [5.41, 5.74) is 2.35. The van der Waals surface area contributed by atoms with Crippen molar-refractivity contribution in [3.63, 3.8) is 0 Å². The maximum Gasteiger partial charge on any atom is 0.238 e. The topological polar surface area (TPSA) is 89.0 Å². The Balaban J connectivity index is 1.74. The Morgan fingerprint density at radius 3 is 2.61 bits per heavy atom. The number of carbonyl (C=O) groups is 2. The molecule has 0 bridgehead atoms. The lowest BCUT2D eigenvalue weighted by Gasteiger charge is -2.22. The molecule has 8 heteroatoms. The summed E-state index contributed by atoms with van der Waals surface area (Å²) in [6, 6.07) is 12.7. The molecule has 1 aliphatic rings. The number of amidine groups is 1. The van der Waals surface area contributed by atoms with Crippen molar-refractivity contribution in [1.29, 1.82) is 0 Å². The molecule has 1 heterocycles. The van der Waals surface area contributed by atoms with Crippen LogP contribution < -0.4 is 20.1 Å². The number of nitrogens with one attached hydrogen (secondary N) is 2. The molecule has 0 aromatic heterocycles. The number of anilines is 1. The van der Waals surface area contributed by atoms with Gasteiger partial charge in [0.15, 0.2) is 5.17 Å². The highest BCUT2D eigenvalue weighted by Gasteiger charge is 2.30. The van der Waals surface area contributed by atoms with Gasteiger partial charge in [0, 0.05) is 12.5 Å². The van der Waals surface area contributed by atoms with E-state index in [1.807, 2.05) is 31.2 Å². The SMILES string of the molecule is COc1ccc(NC(=O)[C@H]2CC(=O)NC(=Nc3ccc(C)cc3)S2)c(OC)c1. The maximum atomic E-state index is 12.7. The zero-order chi connectivity index (χ0) is 20.1. The van der Waals surface area contributed by atoms with Crippen LogP contribution in [0.5, 0.6) is 11.5 Å². The van der Waals surface area contributed by atoms with Crippen LogP contribution in [0.1, 0.15) is 12.0 Å². The number of hydrogen-bond acceptors (Lipinski definition) is 6. The fourth-order valence-electron chi connectivity index (χ4n) is 2.60. The largest absolute Gasteiger partial charge is 0.497 e. The summed E-state index contributed by atoms with van der Waals surface area (Å²) in [6.07, 6.45) is 0.0713. The standard InChI is InChI=1S/C20H21N3O4S/c1-12-4-6-13(7-5-12)21-20-23-18(24)11-17(28-20)19(25)22-15-9-8-14(26-2)10-16(15)27-3/h4-10,17H,11H2,1-3H3,(H,22,25)(H,21,23,24)/t17-/m1/s1. The third kappa shape index (κ3) is 4.83. The van der Waals surface area contributed by atoms with Crippen LogP contribution in [-0.4, -0.2) is 36.5 Å². The van der Waals surface area contributed by atoms with Gasteiger partial charge in [-0.15, -0.1) is 0 Å². The number of hydrogen-bond donors (Lipinski definition) is 2. The Morgan fingerprint density at radius 1 is 1.18 bits per heavy atom. The molecule has 2 aromatic carbocycles. The number of aryl methyl sites for hydroxylation is 1. The molecule has 2 amide bonds. The highest BCUT2D eigenvalue weighted by atomic mass is 32.2. The lowest BCUT2D eigenvalue weighted by atomic mass is 10.2. The summed E-state index contributed by atoms with van der Waals surface area (Å²) < 4.78 is 10.5. The first-order chi connectivity index (χ1) is 13.5. The van der Waals surface area contributed by atoms with Crippen molar-refractivity contribution < 1.29 is 19.1 Å². The molecule has 1 aliphatic heterocycles. The van der Waals surface area contributed by atoms with E-state index in [9.17, 15) is 9.59 Å². The Hall–Kier alpha value is -3.00. The molecule has 28 heavy (non-hydrogen) atoms. The van der Waals surface area contributed by atoms with E-state index >= 15 is 0 Å². The second-order valence-corrected chi connectivity index (χ2v) is 7.36. The quantitative estimate of drug-likeness (QED) is 0.806. The number of benzene rings is 2.